The first kappa shape index (κ1) is 14.4. The number of amides is 2. The van der Waals surface area contributed by atoms with Crippen LogP contribution in [-0.4, -0.2) is 12.2 Å². The van der Waals surface area contributed by atoms with Crippen LogP contribution < -0.4 is 10.6 Å². The van der Waals surface area contributed by atoms with E-state index in [0.717, 1.165) is 5.56 Å². The minimum absolute atomic E-state index is 0.533. The molecule has 2 rings (SSSR count). The zero-order valence-electron chi connectivity index (χ0n) is 11.3. The third kappa shape index (κ3) is 4.54. The van der Waals surface area contributed by atoms with E-state index in [4.69, 9.17) is 0 Å². The fourth-order valence-electron chi connectivity index (χ4n) is 1.58. The normalized spacial score (nSPS) is 9.57. The van der Waals surface area contributed by atoms with Gasteiger partial charge in [-0.3, -0.25) is 10.6 Å². The molecule has 0 unspecified atom stereocenters. The smallest absolute Gasteiger partial charge is 0.288 e. The van der Waals surface area contributed by atoms with E-state index in [0.29, 0.717) is 11.4 Å². The van der Waals surface area contributed by atoms with E-state index < -0.39 is 12.2 Å². The molecule has 21 heavy (non-hydrogen) atoms. The SMILES string of the molecule is Cc1ccccc1NC(=O)OOC(=O)Nc1ccccc1. The monoisotopic (exact) mass is 286 g/mol. The maximum absolute atomic E-state index is 11.5. The van der Waals surface area contributed by atoms with Gasteiger partial charge in [-0.1, -0.05) is 36.4 Å². The molecule has 0 fully saturated rings. The Morgan fingerprint density at radius 1 is 0.810 bits per heavy atom. The minimum Gasteiger partial charge on any atom is -0.288 e. The molecule has 0 aliphatic rings. The van der Waals surface area contributed by atoms with Gasteiger partial charge in [-0.2, -0.15) is 0 Å². The Balaban J connectivity index is 1.79. The lowest BCUT2D eigenvalue weighted by atomic mass is 10.2. The fraction of sp³-hybridized carbons (Fsp3) is 0.0667. The van der Waals surface area contributed by atoms with Crippen LogP contribution in [0.3, 0.4) is 0 Å². The van der Waals surface area contributed by atoms with Gasteiger partial charge in [-0.25, -0.2) is 19.4 Å². The molecular formula is C15H14N2O4. The number of anilines is 2. The average molecular weight is 286 g/mol. The van der Waals surface area contributed by atoms with E-state index in [9.17, 15) is 9.59 Å². The lowest BCUT2D eigenvalue weighted by Gasteiger charge is -2.08. The summed E-state index contributed by atoms with van der Waals surface area (Å²) in [5.41, 5.74) is 1.98. The van der Waals surface area contributed by atoms with Crippen LogP contribution in [-0.2, 0) is 9.78 Å². The van der Waals surface area contributed by atoms with Crippen LogP contribution in [0.15, 0.2) is 54.6 Å². The third-order valence-corrected chi connectivity index (χ3v) is 2.60. The summed E-state index contributed by atoms with van der Waals surface area (Å²) in [6.45, 7) is 1.83. The fourth-order valence-corrected chi connectivity index (χ4v) is 1.58. The summed E-state index contributed by atoms with van der Waals surface area (Å²) in [6, 6.07) is 15.8. The Morgan fingerprint density at radius 3 is 2.05 bits per heavy atom. The Bertz CT molecular complexity index is 629. The number of para-hydroxylation sites is 2. The number of aryl methyl sites for hydroxylation is 1. The van der Waals surface area contributed by atoms with Crippen LogP contribution in [0.2, 0.25) is 0 Å². The Morgan fingerprint density at radius 2 is 1.38 bits per heavy atom. The quantitative estimate of drug-likeness (QED) is 0.651. The molecule has 2 amide bonds. The van der Waals surface area contributed by atoms with Gasteiger partial charge in [-0.15, -0.1) is 0 Å². The van der Waals surface area contributed by atoms with Gasteiger partial charge in [0.2, 0.25) is 0 Å². The first-order valence-electron chi connectivity index (χ1n) is 6.22. The summed E-state index contributed by atoms with van der Waals surface area (Å²) in [6.07, 6.45) is -1.77. The highest BCUT2D eigenvalue weighted by molar-refractivity contribution is 5.87. The predicted octanol–water partition coefficient (Wildman–Crippen LogP) is 3.71. The molecule has 0 radical (unpaired) electrons. The van der Waals surface area contributed by atoms with Crippen LogP contribution in [0.5, 0.6) is 0 Å². The van der Waals surface area contributed by atoms with Crippen LogP contribution in [0.25, 0.3) is 0 Å². The van der Waals surface area contributed by atoms with Crippen LogP contribution in [0.4, 0.5) is 21.0 Å². The molecule has 6 heteroatoms. The zero-order valence-corrected chi connectivity index (χ0v) is 11.3. The van der Waals surface area contributed by atoms with Gasteiger partial charge in [0.15, 0.2) is 0 Å². The molecule has 0 saturated carbocycles. The highest BCUT2D eigenvalue weighted by atomic mass is 17.2. The summed E-state index contributed by atoms with van der Waals surface area (Å²) in [7, 11) is 0. The lowest BCUT2D eigenvalue weighted by Crippen LogP contribution is -2.20. The number of rotatable bonds is 2. The Hall–Kier alpha value is -3.02. The van der Waals surface area contributed by atoms with Crippen LogP contribution in [0, 0.1) is 6.92 Å². The largest absolute Gasteiger partial charge is 0.454 e. The van der Waals surface area contributed by atoms with Crippen molar-refractivity contribution in [1.29, 1.82) is 0 Å². The van der Waals surface area contributed by atoms with Gasteiger partial charge in [0.05, 0.1) is 0 Å². The molecule has 2 N–H and O–H groups in total. The van der Waals surface area contributed by atoms with Crippen molar-refractivity contribution in [1.82, 2.24) is 0 Å². The summed E-state index contributed by atoms with van der Waals surface area (Å²) >= 11 is 0. The van der Waals surface area contributed by atoms with Crippen LogP contribution >= 0.6 is 0 Å². The highest BCUT2D eigenvalue weighted by Gasteiger charge is 2.10. The summed E-state index contributed by atoms with van der Waals surface area (Å²) in [5, 5.41) is 4.87. The molecule has 0 atom stereocenters. The van der Waals surface area contributed by atoms with E-state index >= 15 is 0 Å². The van der Waals surface area contributed by atoms with Crippen molar-refractivity contribution in [2.45, 2.75) is 6.92 Å². The number of hydrogen-bond acceptors (Lipinski definition) is 4. The average Bonchev–Trinajstić information content (AvgIpc) is 2.49. The van der Waals surface area contributed by atoms with Gasteiger partial charge in [0, 0.05) is 11.4 Å². The van der Waals surface area contributed by atoms with Crippen molar-refractivity contribution in [3.05, 3.63) is 60.2 Å². The molecule has 2 aromatic rings. The molecule has 0 spiro atoms. The second kappa shape index (κ2) is 6.95. The molecule has 6 nitrogen and oxygen atoms in total. The topological polar surface area (TPSA) is 76.7 Å². The van der Waals surface area contributed by atoms with Gasteiger partial charge in [0.1, 0.15) is 0 Å². The van der Waals surface area contributed by atoms with Crippen molar-refractivity contribution < 1.29 is 19.4 Å². The second-order valence-corrected chi connectivity index (χ2v) is 4.17. The molecular weight excluding hydrogens is 272 g/mol. The van der Waals surface area contributed by atoms with E-state index in [-0.39, 0.29) is 0 Å². The molecule has 0 saturated heterocycles. The maximum atomic E-state index is 11.5. The summed E-state index contributed by atoms with van der Waals surface area (Å²) in [4.78, 5) is 31.6. The van der Waals surface area contributed by atoms with E-state index in [1.54, 1.807) is 36.4 Å². The highest BCUT2D eigenvalue weighted by Crippen LogP contribution is 2.13. The predicted molar refractivity (Wildman–Crippen MR) is 77.8 cm³/mol. The van der Waals surface area contributed by atoms with E-state index in [1.165, 1.54) is 0 Å². The number of carbonyl (C=O) groups excluding carboxylic acids is 2. The van der Waals surface area contributed by atoms with Crippen molar-refractivity contribution in [3.8, 4) is 0 Å². The lowest BCUT2D eigenvalue weighted by molar-refractivity contribution is -0.169. The summed E-state index contributed by atoms with van der Waals surface area (Å²) < 4.78 is 0. The molecule has 0 aliphatic heterocycles. The molecule has 0 aliphatic carbocycles. The number of carbonyl (C=O) groups is 2. The van der Waals surface area contributed by atoms with Gasteiger partial charge < -0.3 is 0 Å². The van der Waals surface area contributed by atoms with Gasteiger partial charge in [0.25, 0.3) is 0 Å². The number of nitrogens with one attached hydrogen (secondary N) is 2. The Kier molecular flexibility index (Phi) is 4.76. The van der Waals surface area contributed by atoms with Crippen molar-refractivity contribution in [2.75, 3.05) is 10.6 Å². The third-order valence-electron chi connectivity index (χ3n) is 2.60. The molecule has 0 aromatic heterocycles. The maximum Gasteiger partial charge on any atom is 0.454 e. The molecule has 108 valence electrons. The molecule has 0 heterocycles. The molecule has 2 aromatic carbocycles. The number of hydrogen-bond donors (Lipinski definition) is 2. The minimum atomic E-state index is -0.888. The first-order chi connectivity index (χ1) is 10.1. The van der Waals surface area contributed by atoms with Crippen molar-refractivity contribution in [2.24, 2.45) is 0 Å². The van der Waals surface area contributed by atoms with E-state index in [2.05, 4.69) is 20.4 Å². The summed E-state index contributed by atoms with van der Waals surface area (Å²) in [5.74, 6) is 0. The number of benzene rings is 2. The van der Waals surface area contributed by atoms with Crippen LogP contribution in [0.1, 0.15) is 5.56 Å². The van der Waals surface area contributed by atoms with Crippen molar-refractivity contribution in [3.63, 3.8) is 0 Å². The molecule has 0 bridgehead atoms. The van der Waals surface area contributed by atoms with E-state index in [1.807, 2.05) is 25.1 Å². The standard InChI is InChI=1S/C15H14N2O4/c1-11-7-5-6-10-13(11)17-15(19)21-20-14(18)16-12-8-3-2-4-9-12/h2-10H,1H3,(H,16,18)(H,17,19). The second-order valence-electron chi connectivity index (χ2n) is 4.17. The zero-order chi connectivity index (χ0) is 15.1. The van der Waals surface area contributed by atoms with Crippen molar-refractivity contribution >= 4 is 23.6 Å². The Labute approximate surface area is 121 Å². The first-order valence-corrected chi connectivity index (χ1v) is 6.22. The van der Waals surface area contributed by atoms with Gasteiger partial charge >= 0.3 is 12.2 Å². The van der Waals surface area contributed by atoms with Gasteiger partial charge in [-0.05, 0) is 30.7 Å².